The molecular formula is C19H21N3O3S. The largest absolute Gasteiger partial charge is 0.496 e. The number of nitrogens with one attached hydrogen (secondary N) is 1. The second kappa shape index (κ2) is 6.41. The van der Waals surface area contributed by atoms with Crippen molar-refractivity contribution in [3.63, 3.8) is 0 Å². The van der Waals surface area contributed by atoms with E-state index in [1.807, 2.05) is 13.1 Å². The fourth-order valence-corrected chi connectivity index (χ4v) is 5.33. The lowest BCUT2D eigenvalue weighted by molar-refractivity contribution is 0.397. The van der Waals surface area contributed by atoms with Gasteiger partial charge in [0.1, 0.15) is 5.75 Å². The van der Waals surface area contributed by atoms with Gasteiger partial charge in [0.15, 0.2) is 5.65 Å². The number of fused-ring (bicyclic) bond motifs is 2. The molecule has 2 aromatic heterocycles. The van der Waals surface area contributed by atoms with Crippen LogP contribution in [0.1, 0.15) is 17.5 Å². The van der Waals surface area contributed by atoms with Crippen molar-refractivity contribution in [3.05, 3.63) is 53.9 Å². The van der Waals surface area contributed by atoms with Crippen LogP contribution in [0.2, 0.25) is 0 Å². The van der Waals surface area contributed by atoms with Crippen LogP contribution in [0, 0.1) is 0 Å². The molecule has 4 rings (SSSR count). The van der Waals surface area contributed by atoms with E-state index in [0.29, 0.717) is 23.0 Å². The van der Waals surface area contributed by atoms with Crippen molar-refractivity contribution >= 4 is 21.1 Å². The standard InChI is InChI=1S/C19H21N3O3S/c1-20-14-5-6-15-16(12-14)17(25-2)7-8-18(15)26(23,24)22-11-9-13-4-3-10-21-19(13)22/h3-4,7-11,14,20H,5-6,12H2,1-2H3/t14-/m0/s1. The molecule has 6 nitrogen and oxygen atoms in total. The Morgan fingerprint density at radius 1 is 1.23 bits per heavy atom. The average Bonchev–Trinajstić information content (AvgIpc) is 3.11. The summed E-state index contributed by atoms with van der Waals surface area (Å²) in [5.41, 5.74) is 2.28. The number of benzene rings is 1. The van der Waals surface area contributed by atoms with E-state index in [-0.39, 0.29) is 0 Å². The highest BCUT2D eigenvalue weighted by Gasteiger charge is 2.29. The van der Waals surface area contributed by atoms with Crippen LogP contribution in [-0.4, -0.2) is 37.6 Å². The molecule has 136 valence electrons. The number of hydrogen-bond donors (Lipinski definition) is 1. The molecule has 0 fully saturated rings. The van der Waals surface area contributed by atoms with Crippen molar-refractivity contribution in [2.24, 2.45) is 0 Å². The van der Waals surface area contributed by atoms with Gasteiger partial charge < -0.3 is 10.1 Å². The molecule has 0 aliphatic heterocycles. The van der Waals surface area contributed by atoms with Crippen LogP contribution in [0.5, 0.6) is 5.75 Å². The van der Waals surface area contributed by atoms with Gasteiger partial charge in [0.05, 0.1) is 12.0 Å². The Kier molecular flexibility index (Phi) is 4.20. The summed E-state index contributed by atoms with van der Waals surface area (Å²) in [6.07, 6.45) is 5.52. The summed E-state index contributed by atoms with van der Waals surface area (Å²) >= 11 is 0. The first-order valence-corrected chi connectivity index (χ1v) is 10.0. The van der Waals surface area contributed by atoms with Crippen LogP contribution >= 0.6 is 0 Å². The van der Waals surface area contributed by atoms with E-state index in [1.54, 1.807) is 43.8 Å². The predicted molar refractivity (Wildman–Crippen MR) is 100 cm³/mol. The zero-order chi connectivity index (χ0) is 18.3. The summed E-state index contributed by atoms with van der Waals surface area (Å²) < 4.78 is 33.6. The smallest absolute Gasteiger partial charge is 0.269 e. The normalized spacial score (nSPS) is 17.2. The predicted octanol–water partition coefficient (Wildman–Crippen LogP) is 2.36. The topological polar surface area (TPSA) is 73.2 Å². The summed E-state index contributed by atoms with van der Waals surface area (Å²) in [4.78, 5) is 4.59. The molecule has 1 atom stereocenters. The van der Waals surface area contributed by atoms with E-state index in [2.05, 4.69) is 10.3 Å². The molecule has 1 aromatic carbocycles. The monoisotopic (exact) mass is 371 g/mol. The van der Waals surface area contributed by atoms with Gasteiger partial charge in [-0.2, -0.15) is 0 Å². The molecule has 0 saturated heterocycles. The Hall–Kier alpha value is -2.38. The second-order valence-electron chi connectivity index (χ2n) is 6.48. The summed E-state index contributed by atoms with van der Waals surface area (Å²) in [5, 5.41) is 4.09. The van der Waals surface area contributed by atoms with Gasteiger partial charge in [0, 0.05) is 29.4 Å². The third-order valence-corrected chi connectivity index (χ3v) is 6.87. The Bertz CT molecular complexity index is 1070. The first-order valence-electron chi connectivity index (χ1n) is 8.60. The number of pyridine rings is 1. The number of methoxy groups -OCH3 is 1. The maximum absolute atomic E-state index is 13.4. The van der Waals surface area contributed by atoms with Crippen LogP contribution in [0.15, 0.2) is 47.6 Å². The van der Waals surface area contributed by atoms with E-state index in [1.165, 1.54) is 3.97 Å². The minimum atomic E-state index is -3.73. The van der Waals surface area contributed by atoms with E-state index < -0.39 is 10.0 Å². The average molecular weight is 371 g/mol. The maximum atomic E-state index is 13.4. The number of hydrogen-bond acceptors (Lipinski definition) is 5. The first-order chi connectivity index (χ1) is 12.6. The Morgan fingerprint density at radius 2 is 2.08 bits per heavy atom. The van der Waals surface area contributed by atoms with E-state index in [4.69, 9.17) is 4.74 Å². The van der Waals surface area contributed by atoms with E-state index >= 15 is 0 Å². The van der Waals surface area contributed by atoms with Crippen LogP contribution in [-0.2, 0) is 22.9 Å². The fraction of sp³-hybridized carbons (Fsp3) is 0.316. The molecule has 0 radical (unpaired) electrons. The van der Waals surface area contributed by atoms with Crippen molar-refractivity contribution in [2.75, 3.05) is 14.2 Å². The molecule has 0 bridgehead atoms. The number of rotatable bonds is 4. The molecule has 3 aromatic rings. The van der Waals surface area contributed by atoms with Crippen molar-refractivity contribution in [1.29, 1.82) is 0 Å². The summed E-state index contributed by atoms with van der Waals surface area (Å²) in [6, 6.07) is 9.15. The van der Waals surface area contributed by atoms with Gasteiger partial charge >= 0.3 is 0 Å². The van der Waals surface area contributed by atoms with Gasteiger partial charge in [-0.15, -0.1) is 0 Å². The summed E-state index contributed by atoms with van der Waals surface area (Å²) in [5.74, 6) is 0.745. The quantitative estimate of drug-likeness (QED) is 0.762. The lowest BCUT2D eigenvalue weighted by atomic mass is 9.87. The molecule has 0 unspecified atom stereocenters. The zero-order valence-electron chi connectivity index (χ0n) is 14.8. The van der Waals surface area contributed by atoms with Crippen molar-refractivity contribution < 1.29 is 13.2 Å². The van der Waals surface area contributed by atoms with Crippen LogP contribution in [0.25, 0.3) is 11.0 Å². The van der Waals surface area contributed by atoms with Gasteiger partial charge in [0.2, 0.25) is 0 Å². The third-order valence-electron chi connectivity index (χ3n) is 5.12. The molecule has 26 heavy (non-hydrogen) atoms. The van der Waals surface area contributed by atoms with Crippen LogP contribution in [0.4, 0.5) is 0 Å². The minimum Gasteiger partial charge on any atom is -0.496 e. The molecule has 7 heteroatoms. The van der Waals surface area contributed by atoms with Gasteiger partial charge in [-0.25, -0.2) is 17.4 Å². The molecule has 0 spiro atoms. The molecule has 1 N–H and O–H groups in total. The van der Waals surface area contributed by atoms with E-state index in [0.717, 1.165) is 35.1 Å². The molecule has 0 amide bonds. The minimum absolute atomic E-state index is 0.323. The molecule has 2 heterocycles. The highest BCUT2D eigenvalue weighted by molar-refractivity contribution is 7.90. The zero-order valence-corrected chi connectivity index (χ0v) is 15.6. The fourth-order valence-electron chi connectivity index (χ4n) is 3.74. The van der Waals surface area contributed by atoms with Crippen LogP contribution in [0.3, 0.4) is 0 Å². The van der Waals surface area contributed by atoms with Gasteiger partial charge in [-0.3, -0.25) is 0 Å². The third kappa shape index (κ3) is 2.59. The summed E-state index contributed by atoms with van der Waals surface area (Å²) in [6.45, 7) is 0. The molecular weight excluding hydrogens is 350 g/mol. The maximum Gasteiger partial charge on any atom is 0.269 e. The lowest BCUT2D eigenvalue weighted by Crippen LogP contribution is -2.32. The van der Waals surface area contributed by atoms with Gasteiger partial charge in [-0.05, 0) is 62.2 Å². The first kappa shape index (κ1) is 17.1. The SMILES string of the molecule is CN[C@H]1CCc2c(S(=O)(=O)n3ccc4cccnc43)ccc(OC)c2C1. The molecule has 1 aliphatic rings. The van der Waals surface area contributed by atoms with Gasteiger partial charge in [0.25, 0.3) is 10.0 Å². The van der Waals surface area contributed by atoms with Crippen LogP contribution < -0.4 is 10.1 Å². The Labute approximate surface area is 152 Å². The van der Waals surface area contributed by atoms with Crippen molar-refractivity contribution in [1.82, 2.24) is 14.3 Å². The lowest BCUT2D eigenvalue weighted by Gasteiger charge is -2.27. The van der Waals surface area contributed by atoms with Crippen molar-refractivity contribution in [3.8, 4) is 5.75 Å². The molecule has 1 aliphatic carbocycles. The van der Waals surface area contributed by atoms with E-state index in [9.17, 15) is 8.42 Å². The highest BCUT2D eigenvalue weighted by atomic mass is 32.2. The Morgan fingerprint density at radius 3 is 2.85 bits per heavy atom. The molecule has 0 saturated carbocycles. The number of ether oxygens (including phenoxy) is 1. The number of nitrogens with zero attached hydrogens (tertiary/aromatic N) is 2. The number of aromatic nitrogens is 2. The Balaban J connectivity index is 1.90. The highest BCUT2D eigenvalue weighted by Crippen LogP contribution is 2.35. The number of likely N-dealkylation sites (N-methyl/N-ethyl adjacent to an activating group) is 1. The van der Waals surface area contributed by atoms with Crippen molar-refractivity contribution in [2.45, 2.75) is 30.2 Å². The second-order valence-corrected chi connectivity index (χ2v) is 8.27. The summed E-state index contributed by atoms with van der Waals surface area (Å²) in [7, 11) is -0.183. The van der Waals surface area contributed by atoms with Gasteiger partial charge in [-0.1, -0.05) is 0 Å².